The van der Waals surface area contributed by atoms with Crippen LogP contribution in [0.2, 0.25) is 0 Å². The number of ether oxygens (including phenoxy) is 1. The normalized spacial score (nSPS) is 17.9. The minimum atomic E-state index is -0.472. The van der Waals surface area contributed by atoms with Crippen molar-refractivity contribution in [3.63, 3.8) is 0 Å². The van der Waals surface area contributed by atoms with Gasteiger partial charge < -0.3 is 15.4 Å². The second kappa shape index (κ2) is 6.80. The number of aryl methyl sites for hydroxylation is 1. The van der Waals surface area contributed by atoms with Crippen LogP contribution in [0.4, 0.5) is 10.1 Å². The zero-order valence-corrected chi connectivity index (χ0v) is 12.6. The lowest BCUT2D eigenvalue weighted by atomic mass is 10.2. The van der Waals surface area contributed by atoms with Gasteiger partial charge in [-0.1, -0.05) is 0 Å². The molecule has 2 heterocycles. The van der Waals surface area contributed by atoms with E-state index in [1.54, 1.807) is 6.92 Å². The van der Waals surface area contributed by atoms with Crippen molar-refractivity contribution in [2.45, 2.75) is 19.4 Å². The molecule has 2 N–H and O–H groups in total. The summed E-state index contributed by atoms with van der Waals surface area (Å²) in [6.45, 7) is 3.56. The Bertz CT molecular complexity index is 698. The van der Waals surface area contributed by atoms with E-state index in [2.05, 4.69) is 26.2 Å². The highest BCUT2D eigenvalue weighted by molar-refractivity contribution is 5.91. The lowest BCUT2D eigenvalue weighted by Crippen LogP contribution is -2.43. The Morgan fingerprint density at radius 3 is 3.13 bits per heavy atom. The van der Waals surface area contributed by atoms with Crippen molar-refractivity contribution in [2.75, 3.05) is 25.1 Å². The maximum Gasteiger partial charge on any atom is 0.226 e. The molecule has 1 saturated heterocycles. The fourth-order valence-electron chi connectivity index (χ4n) is 2.39. The number of carbonyl (C=O) groups excluding carboxylic acids is 1. The lowest BCUT2D eigenvalue weighted by Gasteiger charge is -2.23. The molecule has 3 rings (SSSR count). The third-order valence-corrected chi connectivity index (χ3v) is 3.51. The summed E-state index contributed by atoms with van der Waals surface area (Å²) in [4.78, 5) is 12.1. The SMILES string of the molecule is Cc1nnnn1-c1cc(NC(=O)CC2COCCN2)ccc1F. The summed E-state index contributed by atoms with van der Waals surface area (Å²) in [5.74, 6) is -0.185. The molecule has 1 aromatic heterocycles. The standard InChI is InChI=1S/C14H17FN6O2/c1-9-18-19-20-21(9)13-6-10(2-3-12(13)15)17-14(22)7-11-8-23-5-4-16-11/h2-3,6,11,16H,4-5,7-8H2,1H3,(H,17,22). The van der Waals surface area contributed by atoms with E-state index in [0.29, 0.717) is 24.7 Å². The molecule has 9 heteroatoms. The number of tetrazole rings is 1. The predicted octanol–water partition coefficient (Wildman–Crippen LogP) is 0.427. The molecule has 1 atom stereocenters. The molecule has 0 aliphatic carbocycles. The van der Waals surface area contributed by atoms with Crippen LogP contribution < -0.4 is 10.6 Å². The smallest absolute Gasteiger partial charge is 0.226 e. The van der Waals surface area contributed by atoms with Gasteiger partial charge in [-0.15, -0.1) is 5.10 Å². The van der Waals surface area contributed by atoms with Crippen molar-refractivity contribution in [1.82, 2.24) is 25.5 Å². The average molecular weight is 320 g/mol. The monoisotopic (exact) mass is 320 g/mol. The Hall–Kier alpha value is -2.39. The Labute approximate surface area is 132 Å². The molecule has 1 aliphatic heterocycles. The summed E-state index contributed by atoms with van der Waals surface area (Å²) in [5, 5.41) is 16.9. The number of carbonyl (C=O) groups is 1. The summed E-state index contributed by atoms with van der Waals surface area (Å²) in [7, 11) is 0. The molecule has 1 amide bonds. The number of aromatic nitrogens is 4. The van der Waals surface area contributed by atoms with Crippen LogP contribution in [0.25, 0.3) is 5.69 Å². The van der Waals surface area contributed by atoms with Gasteiger partial charge in [0.25, 0.3) is 0 Å². The van der Waals surface area contributed by atoms with Crippen LogP contribution in [0.15, 0.2) is 18.2 Å². The first kappa shape index (κ1) is 15.5. The second-order valence-corrected chi connectivity index (χ2v) is 5.28. The number of halogens is 1. The van der Waals surface area contributed by atoms with E-state index in [0.717, 1.165) is 6.54 Å². The van der Waals surface area contributed by atoms with Crippen LogP contribution in [0.5, 0.6) is 0 Å². The molecular formula is C14H17FN6O2. The zero-order valence-electron chi connectivity index (χ0n) is 12.6. The van der Waals surface area contributed by atoms with Gasteiger partial charge in [0, 0.05) is 24.7 Å². The molecule has 122 valence electrons. The number of benzene rings is 1. The zero-order chi connectivity index (χ0) is 16.2. The summed E-state index contributed by atoms with van der Waals surface area (Å²) < 4.78 is 20.6. The van der Waals surface area contributed by atoms with Gasteiger partial charge in [-0.25, -0.2) is 4.39 Å². The van der Waals surface area contributed by atoms with Crippen molar-refractivity contribution < 1.29 is 13.9 Å². The van der Waals surface area contributed by atoms with Crippen molar-refractivity contribution in [3.05, 3.63) is 29.8 Å². The fraction of sp³-hybridized carbons (Fsp3) is 0.429. The third kappa shape index (κ3) is 3.69. The molecule has 8 nitrogen and oxygen atoms in total. The molecule has 2 aromatic rings. The summed E-state index contributed by atoms with van der Waals surface area (Å²) >= 11 is 0. The minimum absolute atomic E-state index is 0.00886. The van der Waals surface area contributed by atoms with Crippen LogP contribution in [0.3, 0.4) is 0 Å². The molecular weight excluding hydrogens is 303 g/mol. The largest absolute Gasteiger partial charge is 0.378 e. The molecule has 0 saturated carbocycles. The van der Waals surface area contributed by atoms with Gasteiger partial charge in [0.2, 0.25) is 5.91 Å². The van der Waals surface area contributed by atoms with Crippen LogP contribution in [-0.4, -0.2) is 51.9 Å². The number of rotatable bonds is 4. The van der Waals surface area contributed by atoms with Crippen molar-refractivity contribution >= 4 is 11.6 Å². The molecule has 0 spiro atoms. The number of morpholine rings is 1. The molecule has 0 radical (unpaired) electrons. The minimum Gasteiger partial charge on any atom is -0.378 e. The topological polar surface area (TPSA) is 94.0 Å². The molecule has 1 aromatic carbocycles. The number of hydrogen-bond acceptors (Lipinski definition) is 6. The van der Waals surface area contributed by atoms with Crippen molar-refractivity contribution in [1.29, 1.82) is 0 Å². The Kier molecular flexibility index (Phi) is 4.58. The molecule has 23 heavy (non-hydrogen) atoms. The maximum atomic E-state index is 14.0. The number of anilines is 1. The molecule has 0 bridgehead atoms. The van der Waals surface area contributed by atoms with Gasteiger partial charge in [0.05, 0.1) is 13.2 Å². The highest BCUT2D eigenvalue weighted by Crippen LogP contribution is 2.19. The first-order valence-electron chi connectivity index (χ1n) is 7.29. The van der Waals surface area contributed by atoms with E-state index >= 15 is 0 Å². The summed E-state index contributed by atoms with van der Waals surface area (Å²) in [5.41, 5.74) is 0.669. The number of nitrogens with zero attached hydrogens (tertiary/aromatic N) is 4. The summed E-state index contributed by atoms with van der Waals surface area (Å²) in [6.07, 6.45) is 0.288. The van der Waals surface area contributed by atoms with E-state index in [1.165, 1.54) is 22.9 Å². The van der Waals surface area contributed by atoms with Crippen molar-refractivity contribution in [2.24, 2.45) is 0 Å². The average Bonchev–Trinajstić information content (AvgIpc) is 2.96. The second-order valence-electron chi connectivity index (χ2n) is 5.28. The molecule has 1 fully saturated rings. The van der Waals surface area contributed by atoms with Gasteiger partial charge in [0.15, 0.2) is 5.82 Å². The third-order valence-electron chi connectivity index (χ3n) is 3.51. The highest BCUT2D eigenvalue weighted by atomic mass is 19.1. The highest BCUT2D eigenvalue weighted by Gasteiger charge is 2.17. The Balaban J connectivity index is 1.71. The van der Waals surface area contributed by atoms with Crippen molar-refractivity contribution in [3.8, 4) is 5.69 Å². The van der Waals surface area contributed by atoms with E-state index in [4.69, 9.17) is 4.74 Å². The van der Waals surface area contributed by atoms with Crippen LogP contribution in [-0.2, 0) is 9.53 Å². The van der Waals surface area contributed by atoms with Crippen LogP contribution in [0, 0.1) is 12.7 Å². The van der Waals surface area contributed by atoms with Gasteiger partial charge >= 0.3 is 0 Å². The molecule has 1 aliphatic rings. The van der Waals surface area contributed by atoms with E-state index in [-0.39, 0.29) is 24.1 Å². The van der Waals surface area contributed by atoms with Crippen LogP contribution in [0.1, 0.15) is 12.2 Å². The predicted molar refractivity (Wildman–Crippen MR) is 79.7 cm³/mol. The van der Waals surface area contributed by atoms with Gasteiger partial charge in [-0.05, 0) is 35.5 Å². The Morgan fingerprint density at radius 1 is 1.57 bits per heavy atom. The first-order valence-corrected chi connectivity index (χ1v) is 7.29. The number of hydrogen-bond donors (Lipinski definition) is 2. The first-order chi connectivity index (χ1) is 11.1. The van der Waals surface area contributed by atoms with E-state index in [1.807, 2.05) is 0 Å². The number of amides is 1. The lowest BCUT2D eigenvalue weighted by molar-refractivity contribution is -0.117. The molecule has 1 unspecified atom stereocenters. The summed E-state index contributed by atoms with van der Waals surface area (Å²) in [6, 6.07) is 4.27. The van der Waals surface area contributed by atoms with Gasteiger partial charge in [-0.3, -0.25) is 4.79 Å². The maximum absolute atomic E-state index is 14.0. The van der Waals surface area contributed by atoms with Gasteiger partial charge in [-0.2, -0.15) is 4.68 Å². The Morgan fingerprint density at radius 2 is 2.43 bits per heavy atom. The van der Waals surface area contributed by atoms with E-state index < -0.39 is 5.82 Å². The van der Waals surface area contributed by atoms with Crippen LogP contribution >= 0.6 is 0 Å². The number of nitrogens with one attached hydrogen (secondary N) is 2. The quantitative estimate of drug-likeness (QED) is 0.848. The fourth-order valence-corrected chi connectivity index (χ4v) is 2.39. The van der Waals surface area contributed by atoms with Gasteiger partial charge in [0.1, 0.15) is 11.5 Å². The van der Waals surface area contributed by atoms with E-state index in [9.17, 15) is 9.18 Å².